The number of anilines is 1. The molecule has 0 atom stereocenters. The molecule has 17 heavy (non-hydrogen) atoms. The summed E-state index contributed by atoms with van der Waals surface area (Å²) in [7, 11) is 0. The Morgan fingerprint density at radius 2 is 2.12 bits per heavy atom. The molecule has 0 aromatic carbocycles. The standard InChI is InChI=1S/C12H19NO3S/c1-4-12(5-2,17-3)8-13-10-7-6-9(16-10)11(14)15/h6-7,13H,4-5,8H2,1-3H3,(H,14,15). The topological polar surface area (TPSA) is 62.5 Å². The Bertz CT molecular complexity index is 363. The summed E-state index contributed by atoms with van der Waals surface area (Å²) in [5.74, 6) is -0.557. The molecule has 1 aromatic rings. The number of carbonyl (C=O) groups is 1. The van der Waals surface area contributed by atoms with Gasteiger partial charge in [0.05, 0.1) is 0 Å². The van der Waals surface area contributed by atoms with E-state index in [1.54, 1.807) is 6.07 Å². The van der Waals surface area contributed by atoms with Crippen LogP contribution in [0.4, 0.5) is 5.88 Å². The first kappa shape index (κ1) is 14.0. The number of carboxylic acids is 1. The SMILES string of the molecule is CCC(CC)(CNc1ccc(C(=O)O)o1)SC. The zero-order chi connectivity index (χ0) is 12.9. The molecule has 2 N–H and O–H groups in total. The average molecular weight is 257 g/mol. The van der Waals surface area contributed by atoms with Crippen LogP contribution in [0.1, 0.15) is 37.2 Å². The predicted octanol–water partition coefficient (Wildman–Crippen LogP) is 3.31. The fourth-order valence-electron chi connectivity index (χ4n) is 1.66. The van der Waals surface area contributed by atoms with E-state index >= 15 is 0 Å². The third kappa shape index (κ3) is 3.43. The van der Waals surface area contributed by atoms with Crippen LogP contribution in [0.15, 0.2) is 16.5 Å². The molecule has 0 aliphatic rings. The number of aromatic carboxylic acids is 1. The molecule has 0 bridgehead atoms. The number of hydrogen-bond donors (Lipinski definition) is 2. The second-order valence-corrected chi connectivity index (χ2v) is 5.19. The molecule has 5 heteroatoms. The highest BCUT2D eigenvalue weighted by atomic mass is 32.2. The van der Waals surface area contributed by atoms with Crippen LogP contribution in [-0.2, 0) is 0 Å². The van der Waals surface area contributed by atoms with Crippen molar-refractivity contribution in [2.45, 2.75) is 31.4 Å². The Morgan fingerprint density at radius 3 is 2.53 bits per heavy atom. The maximum atomic E-state index is 10.7. The van der Waals surface area contributed by atoms with E-state index < -0.39 is 5.97 Å². The summed E-state index contributed by atoms with van der Waals surface area (Å²) in [6.07, 6.45) is 4.22. The Kier molecular flexibility index (Phi) is 4.93. The summed E-state index contributed by atoms with van der Waals surface area (Å²) < 4.78 is 5.33. The van der Waals surface area contributed by atoms with Crippen molar-refractivity contribution >= 4 is 23.6 Å². The van der Waals surface area contributed by atoms with E-state index in [-0.39, 0.29) is 10.5 Å². The van der Waals surface area contributed by atoms with Gasteiger partial charge in [0.15, 0.2) is 5.88 Å². The van der Waals surface area contributed by atoms with Crippen molar-refractivity contribution in [1.82, 2.24) is 0 Å². The van der Waals surface area contributed by atoms with Gasteiger partial charge in [-0.2, -0.15) is 11.8 Å². The van der Waals surface area contributed by atoms with Crippen molar-refractivity contribution in [3.8, 4) is 0 Å². The van der Waals surface area contributed by atoms with E-state index in [1.165, 1.54) is 6.07 Å². The Morgan fingerprint density at radius 1 is 1.47 bits per heavy atom. The van der Waals surface area contributed by atoms with E-state index in [0.29, 0.717) is 5.88 Å². The Hall–Kier alpha value is -1.10. The first-order valence-electron chi connectivity index (χ1n) is 5.69. The molecule has 0 aliphatic heterocycles. The molecular weight excluding hydrogens is 238 g/mol. The minimum atomic E-state index is -1.04. The van der Waals surface area contributed by atoms with Gasteiger partial charge in [-0.1, -0.05) is 13.8 Å². The molecule has 1 rings (SSSR count). The van der Waals surface area contributed by atoms with Gasteiger partial charge in [0, 0.05) is 17.4 Å². The lowest BCUT2D eigenvalue weighted by Gasteiger charge is -2.29. The Labute approximate surface area is 106 Å². The summed E-state index contributed by atoms with van der Waals surface area (Å²) in [6, 6.07) is 3.11. The van der Waals surface area contributed by atoms with E-state index in [4.69, 9.17) is 9.52 Å². The van der Waals surface area contributed by atoms with Crippen LogP contribution in [0, 0.1) is 0 Å². The minimum absolute atomic E-state index is 0.0322. The average Bonchev–Trinajstić information content (AvgIpc) is 2.81. The molecule has 0 spiro atoms. The first-order chi connectivity index (χ1) is 8.06. The lowest BCUT2D eigenvalue weighted by atomic mass is 10.0. The van der Waals surface area contributed by atoms with E-state index in [0.717, 1.165) is 19.4 Å². The molecule has 1 heterocycles. The van der Waals surface area contributed by atoms with Gasteiger partial charge in [0.25, 0.3) is 0 Å². The molecule has 1 aromatic heterocycles. The molecule has 0 unspecified atom stereocenters. The van der Waals surface area contributed by atoms with Crippen molar-refractivity contribution in [2.24, 2.45) is 0 Å². The number of carboxylic acid groups (broad SMARTS) is 1. The van der Waals surface area contributed by atoms with Crippen LogP contribution in [-0.4, -0.2) is 28.6 Å². The maximum Gasteiger partial charge on any atom is 0.371 e. The second-order valence-electron chi connectivity index (χ2n) is 3.92. The largest absolute Gasteiger partial charge is 0.475 e. The van der Waals surface area contributed by atoms with Crippen LogP contribution in [0.5, 0.6) is 0 Å². The minimum Gasteiger partial charge on any atom is -0.475 e. The molecule has 0 saturated carbocycles. The van der Waals surface area contributed by atoms with Crippen molar-refractivity contribution in [3.05, 3.63) is 17.9 Å². The highest BCUT2D eigenvalue weighted by molar-refractivity contribution is 8.00. The zero-order valence-corrected chi connectivity index (χ0v) is 11.3. The highest BCUT2D eigenvalue weighted by Crippen LogP contribution is 2.30. The molecule has 4 nitrogen and oxygen atoms in total. The van der Waals surface area contributed by atoms with Crippen LogP contribution in [0.3, 0.4) is 0 Å². The number of rotatable bonds is 7. The van der Waals surface area contributed by atoms with Crippen molar-refractivity contribution in [2.75, 3.05) is 18.1 Å². The third-order valence-electron chi connectivity index (χ3n) is 3.12. The van der Waals surface area contributed by atoms with Crippen molar-refractivity contribution < 1.29 is 14.3 Å². The fraction of sp³-hybridized carbons (Fsp3) is 0.583. The van der Waals surface area contributed by atoms with Gasteiger partial charge in [0.1, 0.15) is 0 Å². The molecule has 0 amide bonds. The quantitative estimate of drug-likeness (QED) is 0.784. The molecule has 0 saturated heterocycles. The normalized spacial score (nSPS) is 11.5. The smallest absolute Gasteiger partial charge is 0.371 e. The van der Waals surface area contributed by atoms with Crippen LogP contribution >= 0.6 is 11.8 Å². The number of thioether (sulfide) groups is 1. The van der Waals surface area contributed by atoms with Gasteiger partial charge in [0.2, 0.25) is 5.76 Å². The lowest BCUT2D eigenvalue weighted by molar-refractivity contribution is 0.0663. The number of nitrogens with one attached hydrogen (secondary N) is 1. The summed E-state index contributed by atoms with van der Waals surface area (Å²) >= 11 is 1.83. The van der Waals surface area contributed by atoms with Gasteiger partial charge in [-0.05, 0) is 25.2 Å². The summed E-state index contributed by atoms with van der Waals surface area (Å²) in [5, 5.41) is 11.9. The van der Waals surface area contributed by atoms with Gasteiger partial charge in [-0.15, -0.1) is 0 Å². The third-order valence-corrected chi connectivity index (χ3v) is 4.71. The molecule has 96 valence electrons. The van der Waals surface area contributed by atoms with Crippen LogP contribution in [0.25, 0.3) is 0 Å². The summed E-state index contributed by atoms with van der Waals surface area (Å²) in [4.78, 5) is 10.7. The van der Waals surface area contributed by atoms with E-state index in [1.807, 2.05) is 11.8 Å². The molecule has 0 aliphatic carbocycles. The number of hydrogen-bond acceptors (Lipinski definition) is 4. The van der Waals surface area contributed by atoms with Crippen molar-refractivity contribution in [3.63, 3.8) is 0 Å². The lowest BCUT2D eigenvalue weighted by Crippen LogP contribution is -2.31. The summed E-state index contributed by atoms with van der Waals surface area (Å²) in [5.41, 5.74) is 0. The van der Waals surface area contributed by atoms with Crippen LogP contribution in [0.2, 0.25) is 0 Å². The summed E-state index contributed by atoms with van der Waals surface area (Å²) in [6.45, 7) is 5.09. The van der Waals surface area contributed by atoms with E-state index in [2.05, 4.69) is 25.4 Å². The fourth-order valence-corrected chi connectivity index (χ4v) is 2.45. The van der Waals surface area contributed by atoms with Gasteiger partial charge in [-0.25, -0.2) is 4.79 Å². The monoisotopic (exact) mass is 257 g/mol. The van der Waals surface area contributed by atoms with Gasteiger partial charge in [-0.3, -0.25) is 0 Å². The predicted molar refractivity (Wildman–Crippen MR) is 71.0 cm³/mol. The van der Waals surface area contributed by atoms with Gasteiger partial charge >= 0.3 is 5.97 Å². The highest BCUT2D eigenvalue weighted by Gasteiger charge is 2.25. The molecule has 0 radical (unpaired) electrons. The molecule has 0 fully saturated rings. The van der Waals surface area contributed by atoms with Gasteiger partial charge < -0.3 is 14.8 Å². The first-order valence-corrected chi connectivity index (χ1v) is 6.91. The zero-order valence-electron chi connectivity index (χ0n) is 10.4. The maximum absolute atomic E-state index is 10.7. The van der Waals surface area contributed by atoms with E-state index in [9.17, 15) is 4.79 Å². The number of furan rings is 1. The van der Waals surface area contributed by atoms with Crippen molar-refractivity contribution in [1.29, 1.82) is 0 Å². The van der Waals surface area contributed by atoms with Crippen LogP contribution < -0.4 is 5.32 Å². The Balaban J connectivity index is 2.62. The second kappa shape index (κ2) is 6.00. The molecular formula is C12H19NO3S.